The van der Waals surface area contributed by atoms with E-state index in [1.807, 2.05) is 65.7 Å². The average Bonchev–Trinajstić information content (AvgIpc) is 3.55. The van der Waals surface area contributed by atoms with Crippen LogP contribution in [0.15, 0.2) is 46.4 Å². The number of carbonyl (C=O) groups excluding carboxylic acids is 2. The van der Waals surface area contributed by atoms with Gasteiger partial charge in [0.05, 0.1) is 34.6 Å². The fourth-order valence-electron chi connectivity index (χ4n) is 5.57. The van der Waals surface area contributed by atoms with E-state index in [1.54, 1.807) is 0 Å². The van der Waals surface area contributed by atoms with Crippen molar-refractivity contribution in [1.82, 2.24) is 14.7 Å². The van der Waals surface area contributed by atoms with E-state index in [-0.39, 0.29) is 23.9 Å². The highest BCUT2D eigenvalue weighted by molar-refractivity contribution is 6.03. The third-order valence-electron chi connectivity index (χ3n) is 7.77. The molecule has 2 amide bonds. The first kappa shape index (κ1) is 24.6. The van der Waals surface area contributed by atoms with E-state index in [0.29, 0.717) is 60.3 Å². The summed E-state index contributed by atoms with van der Waals surface area (Å²) in [7, 11) is 2.01. The monoisotopic (exact) mass is 515 g/mol. The van der Waals surface area contributed by atoms with Crippen LogP contribution in [0.5, 0.6) is 11.5 Å². The molecule has 0 spiro atoms. The molecule has 4 heterocycles. The lowest BCUT2D eigenvalue weighted by atomic mass is 10.1. The predicted octanol–water partition coefficient (Wildman–Crippen LogP) is 3.72. The number of rotatable bonds is 8. The third-order valence-corrected chi connectivity index (χ3v) is 7.77. The Kier molecular flexibility index (Phi) is 6.84. The second-order valence-corrected chi connectivity index (χ2v) is 10.3. The van der Waals surface area contributed by atoms with Crippen LogP contribution < -0.4 is 9.47 Å². The first-order chi connectivity index (χ1) is 18.6. The van der Waals surface area contributed by atoms with Crippen molar-refractivity contribution >= 4 is 35.6 Å². The maximum absolute atomic E-state index is 13.0. The maximum Gasteiger partial charge on any atom is 0.256 e. The Morgan fingerprint density at radius 2 is 1.26 bits per heavy atom. The molecular formula is C29H33N5O4. The van der Waals surface area contributed by atoms with E-state index in [4.69, 9.17) is 9.47 Å². The van der Waals surface area contributed by atoms with E-state index in [9.17, 15) is 9.59 Å². The molecule has 4 aliphatic rings. The summed E-state index contributed by atoms with van der Waals surface area (Å²) in [5.41, 5.74) is 2.63. The zero-order chi connectivity index (χ0) is 26.1. The van der Waals surface area contributed by atoms with Crippen molar-refractivity contribution in [1.29, 1.82) is 0 Å². The Labute approximate surface area is 222 Å². The zero-order valence-electron chi connectivity index (χ0n) is 21.7. The van der Waals surface area contributed by atoms with Gasteiger partial charge in [0.15, 0.2) is 0 Å². The van der Waals surface area contributed by atoms with Crippen LogP contribution in [0.4, 0.5) is 11.4 Å². The lowest BCUT2D eigenvalue weighted by Crippen LogP contribution is -2.35. The smallest absolute Gasteiger partial charge is 0.256 e. The summed E-state index contributed by atoms with van der Waals surface area (Å²) in [6.45, 7) is 3.94. The molecule has 2 aromatic rings. The minimum Gasteiger partial charge on any atom is -0.492 e. The molecule has 38 heavy (non-hydrogen) atoms. The molecule has 0 bridgehead atoms. The summed E-state index contributed by atoms with van der Waals surface area (Å²) in [4.78, 5) is 41.0. The molecule has 2 saturated heterocycles. The van der Waals surface area contributed by atoms with E-state index in [1.165, 1.54) is 0 Å². The fourth-order valence-corrected chi connectivity index (χ4v) is 5.57. The second-order valence-electron chi connectivity index (χ2n) is 10.3. The van der Waals surface area contributed by atoms with Gasteiger partial charge in [0, 0.05) is 38.6 Å². The number of nitrogens with zero attached hydrogens (tertiary/aromatic N) is 5. The van der Waals surface area contributed by atoms with Gasteiger partial charge < -0.3 is 19.3 Å². The van der Waals surface area contributed by atoms with Crippen LogP contribution in [0.1, 0.15) is 46.4 Å². The molecule has 2 atom stereocenters. The van der Waals surface area contributed by atoms with Gasteiger partial charge in [-0.15, -0.1) is 0 Å². The van der Waals surface area contributed by atoms with Crippen molar-refractivity contribution in [2.75, 3.05) is 46.4 Å². The highest BCUT2D eigenvalue weighted by Crippen LogP contribution is 2.32. The van der Waals surface area contributed by atoms with Crippen LogP contribution >= 0.6 is 0 Å². The summed E-state index contributed by atoms with van der Waals surface area (Å²) >= 11 is 0. The molecule has 9 heteroatoms. The first-order valence-electron chi connectivity index (χ1n) is 13.5. The van der Waals surface area contributed by atoms with Crippen molar-refractivity contribution in [3.63, 3.8) is 0 Å². The Balaban J connectivity index is 0.982. The van der Waals surface area contributed by atoms with Crippen molar-refractivity contribution in [2.45, 2.75) is 37.8 Å². The van der Waals surface area contributed by atoms with Gasteiger partial charge >= 0.3 is 0 Å². The molecule has 0 unspecified atom stereocenters. The molecule has 198 valence electrons. The van der Waals surface area contributed by atoms with E-state index in [0.717, 1.165) is 38.8 Å². The maximum atomic E-state index is 13.0. The zero-order valence-corrected chi connectivity index (χ0v) is 21.7. The second kappa shape index (κ2) is 10.6. The predicted molar refractivity (Wildman–Crippen MR) is 146 cm³/mol. The van der Waals surface area contributed by atoms with Crippen LogP contribution in [0, 0.1) is 0 Å². The third kappa shape index (κ3) is 4.90. The minimum atomic E-state index is 0.0336. The van der Waals surface area contributed by atoms with Crippen LogP contribution in [-0.4, -0.2) is 97.5 Å². The minimum absolute atomic E-state index is 0.0336. The van der Waals surface area contributed by atoms with Crippen molar-refractivity contribution < 1.29 is 19.1 Å². The van der Waals surface area contributed by atoms with Crippen LogP contribution in [-0.2, 0) is 0 Å². The summed E-state index contributed by atoms with van der Waals surface area (Å²) in [6.07, 6.45) is 7.77. The number of hydrogen-bond acceptors (Lipinski definition) is 7. The molecule has 0 aliphatic carbocycles. The standard InChI is InChI=1S/C29H33N5O4/c1-32(12-14-37-22-6-8-26-24(16-22)28(35)33-10-2-4-20(33)18-30-26)13-15-38-23-7-9-27-25(17-23)29(36)34-11-3-5-21(34)19-31-27/h6-9,16-21H,2-5,10-15H2,1H3/t20-,21-/m0/s1. The highest BCUT2D eigenvalue weighted by Gasteiger charge is 2.33. The molecular weight excluding hydrogens is 482 g/mol. The number of likely N-dealkylation sites (N-methyl/N-ethyl adjacent to an activating group) is 1. The largest absolute Gasteiger partial charge is 0.492 e. The lowest BCUT2D eigenvalue weighted by molar-refractivity contribution is 0.0766. The summed E-state index contributed by atoms with van der Waals surface area (Å²) in [5, 5.41) is 0. The number of amides is 2. The first-order valence-corrected chi connectivity index (χ1v) is 13.5. The van der Waals surface area contributed by atoms with Gasteiger partial charge in [-0.25, -0.2) is 0 Å². The van der Waals surface area contributed by atoms with Gasteiger partial charge in [0.25, 0.3) is 11.8 Å². The molecule has 0 aromatic heterocycles. The Morgan fingerprint density at radius 1 is 0.789 bits per heavy atom. The normalized spacial score (nSPS) is 21.6. The van der Waals surface area contributed by atoms with Gasteiger partial charge in [-0.1, -0.05) is 0 Å². The molecule has 9 nitrogen and oxygen atoms in total. The van der Waals surface area contributed by atoms with Crippen LogP contribution in [0.25, 0.3) is 0 Å². The Morgan fingerprint density at radius 3 is 1.74 bits per heavy atom. The molecule has 6 rings (SSSR count). The van der Waals surface area contributed by atoms with E-state index in [2.05, 4.69) is 14.9 Å². The summed E-state index contributed by atoms with van der Waals surface area (Å²) in [5.74, 6) is 1.41. The van der Waals surface area contributed by atoms with Crippen LogP contribution in [0.3, 0.4) is 0 Å². The Bertz CT molecular complexity index is 1190. The number of benzene rings is 2. The number of carbonyl (C=O) groups is 2. The molecule has 0 radical (unpaired) electrons. The molecule has 0 N–H and O–H groups in total. The molecule has 2 fully saturated rings. The Hall–Kier alpha value is -3.72. The van der Waals surface area contributed by atoms with Gasteiger partial charge in [0.1, 0.15) is 24.7 Å². The van der Waals surface area contributed by atoms with Crippen molar-refractivity contribution in [2.24, 2.45) is 9.98 Å². The lowest BCUT2D eigenvalue weighted by Gasteiger charge is -2.20. The van der Waals surface area contributed by atoms with E-state index >= 15 is 0 Å². The molecule has 0 saturated carbocycles. The SMILES string of the molecule is CN(CCOc1ccc2c(c1)C(=O)N1CCC[C@H]1C=N2)CCOc1ccc2c(c1)C(=O)N1CCC[C@H]1C=N2. The van der Waals surface area contributed by atoms with Gasteiger partial charge in [-0.3, -0.25) is 24.5 Å². The number of aliphatic imine (C=N–C) groups is 2. The number of ether oxygens (including phenoxy) is 2. The highest BCUT2D eigenvalue weighted by atomic mass is 16.5. The number of fused-ring (bicyclic) bond motifs is 4. The van der Waals surface area contributed by atoms with Gasteiger partial charge in [-0.2, -0.15) is 0 Å². The van der Waals surface area contributed by atoms with E-state index < -0.39 is 0 Å². The summed E-state index contributed by atoms with van der Waals surface area (Å²) in [6, 6.07) is 11.3. The summed E-state index contributed by atoms with van der Waals surface area (Å²) < 4.78 is 11.9. The molecule has 4 aliphatic heterocycles. The van der Waals surface area contributed by atoms with Crippen molar-refractivity contribution in [3.8, 4) is 11.5 Å². The number of hydrogen-bond donors (Lipinski definition) is 0. The average molecular weight is 516 g/mol. The van der Waals surface area contributed by atoms with Gasteiger partial charge in [-0.05, 0) is 69.1 Å². The molecule has 2 aromatic carbocycles. The fraction of sp³-hybridized carbons (Fsp3) is 0.448. The van der Waals surface area contributed by atoms with Crippen LogP contribution in [0.2, 0.25) is 0 Å². The quantitative estimate of drug-likeness (QED) is 0.535. The van der Waals surface area contributed by atoms with Gasteiger partial charge in [0.2, 0.25) is 0 Å². The topological polar surface area (TPSA) is 87.0 Å². The van der Waals surface area contributed by atoms with Crippen molar-refractivity contribution in [3.05, 3.63) is 47.5 Å².